The van der Waals surface area contributed by atoms with Crippen LogP contribution >= 0.6 is 0 Å². The molecule has 0 bridgehead atoms. The zero-order chi connectivity index (χ0) is 21.8. The number of nitrogens with zero attached hydrogens (tertiary/aromatic N) is 2. The Balaban J connectivity index is 1.69. The summed E-state index contributed by atoms with van der Waals surface area (Å²) in [6, 6.07) is 19.3. The minimum atomic E-state index is -0.203. The number of methoxy groups -OCH3 is 1. The molecule has 1 N–H and O–H groups in total. The summed E-state index contributed by atoms with van der Waals surface area (Å²) in [5.41, 5.74) is 2.73. The van der Waals surface area contributed by atoms with Crippen LogP contribution in [-0.2, 0) is 12.0 Å². The summed E-state index contributed by atoms with van der Waals surface area (Å²) in [4.78, 5) is 2.31. The monoisotopic (exact) mass is 417 g/mol. The quantitative estimate of drug-likeness (QED) is 0.636. The number of benzene rings is 3. The lowest BCUT2D eigenvalue weighted by Gasteiger charge is -2.41. The second-order valence-corrected chi connectivity index (χ2v) is 8.48. The predicted molar refractivity (Wildman–Crippen MR) is 122 cm³/mol. The summed E-state index contributed by atoms with van der Waals surface area (Å²) in [5, 5.41) is 15.3. The van der Waals surface area contributed by atoms with Crippen LogP contribution < -0.4 is 10.1 Å². The zero-order valence-corrected chi connectivity index (χ0v) is 18.1. The standard InChI is InChI=1S/C26H28FN3O/c1-30(18-26(11-13-29-14-12-26)21-7-9-22(27)10-8-21)17-24-23-6-4-3-5-19(23)15-20(16-28)25(24)31-2/h3-10,15,29H,11-14,17-18H2,1-2H3. The number of hydrogen-bond donors (Lipinski definition) is 1. The number of fused-ring (bicyclic) bond motifs is 1. The fraction of sp³-hybridized carbons (Fsp3) is 0.346. The van der Waals surface area contributed by atoms with Gasteiger partial charge in [-0.05, 0) is 67.5 Å². The van der Waals surface area contributed by atoms with Crippen LogP contribution in [-0.4, -0.2) is 38.7 Å². The molecule has 5 heteroatoms. The molecule has 4 nitrogen and oxygen atoms in total. The lowest BCUT2D eigenvalue weighted by molar-refractivity contribution is 0.195. The molecule has 0 radical (unpaired) electrons. The van der Waals surface area contributed by atoms with Gasteiger partial charge in [0.1, 0.15) is 17.6 Å². The van der Waals surface area contributed by atoms with E-state index in [-0.39, 0.29) is 11.2 Å². The number of nitriles is 1. The van der Waals surface area contributed by atoms with E-state index in [1.807, 2.05) is 36.4 Å². The summed E-state index contributed by atoms with van der Waals surface area (Å²) >= 11 is 0. The third kappa shape index (κ3) is 4.27. The average molecular weight is 418 g/mol. The Morgan fingerprint density at radius 1 is 1.13 bits per heavy atom. The van der Waals surface area contributed by atoms with Crippen LogP contribution in [0.25, 0.3) is 10.8 Å². The second-order valence-electron chi connectivity index (χ2n) is 8.48. The topological polar surface area (TPSA) is 48.3 Å². The van der Waals surface area contributed by atoms with Crippen molar-refractivity contribution in [1.82, 2.24) is 10.2 Å². The second kappa shape index (κ2) is 9.05. The highest BCUT2D eigenvalue weighted by Gasteiger charge is 2.35. The third-order valence-electron chi connectivity index (χ3n) is 6.45. The van der Waals surface area contributed by atoms with Gasteiger partial charge in [-0.3, -0.25) is 0 Å². The van der Waals surface area contributed by atoms with E-state index in [9.17, 15) is 9.65 Å². The molecule has 160 valence electrons. The summed E-state index contributed by atoms with van der Waals surface area (Å²) in [7, 11) is 3.74. The van der Waals surface area contributed by atoms with Gasteiger partial charge in [0.05, 0.1) is 12.7 Å². The van der Waals surface area contributed by atoms with Gasteiger partial charge < -0.3 is 15.0 Å². The van der Waals surface area contributed by atoms with Gasteiger partial charge in [-0.1, -0.05) is 36.4 Å². The van der Waals surface area contributed by atoms with Crippen molar-refractivity contribution in [2.24, 2.45) is 0 Å². The maximum absolute atomic E-state index is 13.6. The number of piperidine rings is 1. The van der Waals surface area contributed by atoms with E-state index >= 15 is 0 Å². The molecule has 3 aromatic carbocycles. The first-order chi connectivity index (χ1) is 15.1. The van der Waals surface area contributed by atoms with Gasteiger partial charge in [0.15, 0.2) is 0 Å². The lowest BCUT2D eigenvalue weighted by atomic mass is 9.72. The average Bonchev–Trinajstić information content (AvgIpc) is 2.79. The lowest BCUT2D eigenvalue weighted by Crippen LogP contribution is -2.46. The molecular weight excluding hydrogens is 389 g/mol. The van der Waals surface area contributed by atoms with Crippen molar-refractivity contribution < 1.29 is 9.13 Å². The van der Waals surface area contributed by atoms with E-state index < -0.39 is 0 Å². The number of hydrogen-bond acceptors (Lipinski definition) is 4. The first-order valence-corrected chi connectivity index (χ1v) is 10.7. The molecule has 1 aliphatic heterocycles. The first kappa shape index (κ1) is 21.3. The van der Waals surface area contributed by atoms with Crippen LogP contribution in [0.5, 0.6) is 5.75 Å². The fourth-order valence-electron chi connectivity index (χ4n) is 4.97. The van der Waals surface area contributed by atoms with Crippen LogP contribution in [0.2, 0.25) is 0 Å². The molecule has 0 atom stereocenters. The third-order valence-corrected chi connectivity index (χ3v) is 6.45. The highest BCUT2D eigenvalue weighted by molar-refractivity contribution is 5.89. The van der Waals surface area contributed by atoms with Crippen molar-refractivity contribution in [3.8, 4) is 11.8 Å². The van der Waals surface area contributed by atoms with E-state index in [0.717, 1.165) is 48.8 Å². The molecule has 1 saturated heterocycles. The van der Waals surface area contributed by atoms with Crippen LogP contribution in [0, 0.1) is 17.1 Å². The van der Waals surface area contributed by atoms with Crippen molar-refractivity contribution >= 4 is 10.8 Å². The summed E-state index contributed by atoms with van der Waals surface area (Å²) < 4.78 is 19.3. The van der Waals surface area contributed by atoms with E-state index in [0.29, 0.717) is 17.9 Å². The molecule has 0 spiro atoms. The maximum atomic E-state index is 13.6. The molecule has 1 fully saturated rings. The Labute approximate surface area is 183 Å². The summed E-state index contributed by atoms with van der Waals surface area (Å²) in [6.45, 7) is 3.40. The van der Waals surface area contributed by atoms with Crippen molar-refractivity contribution in [1.29, 1.82) is 5.26 Å². The molecule has 0 aromatic heterocycles. The van der Waals surface area contributed by atoms with Gasteiger partial charge >= 0.3 is 0 Å². The number of likely N-dealkylation sites (N-methyl/N-ethyl adjacent to an activating group) is 1. The molecule has 1 aliphatic rings. The summed E-state index contributed by atoms with van der Waals surface area (Å²) in [6.07, 6.45) is 2.00. The van der Waals surface area contributed by atoms with Gasteiger partial charge in [0, 0.05) is 24.1 Å². The number of rotatable bonds is 6. The molecule has 0 aliphatic carbocycles. The minimum Gasteiger partial charge on any atom is -0.495 e. The Hall–Kier alpha value is -2.94. The number of nitrogens with one attached hydrogen (secondary N) is 1. The Morgan fingerprint density at radius 3 is 2.52 bits per heavy atom. The van der Waals surface area contributed by atoms with E-state index in [1.165, 1.54) is 5.56 Å². The first-order valence-electron chi connectivity index (χ1n) is 10.7. The van der Waals surface area contributed by atoms with Crippen LogP contribution in [0.3, 0.4) is 0 Å². The molecular formula is C26H28FN3O. The highest BCUT2D eigenvalue weighted by Crippen LogP contribution is 2.37. The molecule has 1 heterocycles. The van der Waals surface area contributed by atoms with Gasteiger partial charge in [-0.15, -0.1) is 0 Å². The van der Waals surface area contributed by atoms with Crippen molar-refractivity contribution in [3.63, 3.8) is 0 Å². The predicted octanol–water partition coefficient (Wildman–Crippen LogP) is 4.61. The van der Waals surface area contributed by atoms with E-state index in [1.54, 1.807) is 19.2 Å². The molecule has 0 amide bonds. The van der Waals surface area contributed by atoms with Crippen molar-refractivity contribution in [2.75, 3.05) is 33.8 Å². The van der Waals surface area contributed by atoms with Gasteiger partial charge in [0.2, 0.25) is 0 Å². The van der Waals surface area contributed by atoms with Crippen molar-refractivity contribution in [2.45, 2.75) is 24.8 Å². The van der Waals surface area contributed by atoms with Gasteiger partial charge in [0.25, 0.3) is 0 Å². The van der Waals surface area contributed by atoms with Gasteiger partial charge in [-0.2, -0.15) is 5.26 Å². The fourth-order valence-corrected chi connectivity index (χ4v) is 4.97. The Morgan fingerprint density at radius 2 is 1.84 bits per heavy atom. The van der Waals surface area contributed by atoms with E-state index in [2.05, 4.69) is 29.4 Å². The van der Waals surface area contributed by atoms with Gasteiger partial charge in [-0.25, -0.2) is 4.39 Å². The smallest absolute Gasteiger partial charge is 0.141 e. The summed E-state index contributed by atoms with van der Waals surface area (Å²) in [5.74, 6) is 0.444. The molecule has 0 saturated carbocycles. The SMILES string of the molecule is COc1c(C#N)cc2ccccc2c1CN(C)CC1(c2ccc(F)cc2)CCNCC1. The zero-order valence-electron chi connectivity index (χ0n) is 18.1. The Kier molecular flexibility index (Phi) is 6.22. The van der Waals surface area contributed by atoms with Crippen LogP contribution in [0.4, 0.5) is 4.39 Å². The number of ether oxygens (including phenoxy) is 1. The highest BCUT2D eigenvalue weighted by atomic mass is 19.1. The molecule has 3 aromatic rings. The number of halogens is 1. The van der Waals surface area contributed by atoms with E-state index in [4.69, 9.17) is 4.74 Å². The minimum absolute atomic E-state index is 0.0381. The molecule has 0 unspecified atom stereocenters. The van der Waals surface area contributed by atoms with Crippen molar-refractivity contribution in [3.05, 3.63) is 77.1 Å². The maximum Gasteiger partial charge on any atom is 0.141 e. The largest absolute Gasteiger partial charge is 0.495 e. The normalized spacial score (nSPS) is 15.7. The molecule has 31 heavy (non-hydrogen) atoms. The molecule has 4 rings (SSSR count). The Bertz CT molecular complexity index is 1100. The van der Waals surface area contributed by atoms with Crippen LogP contribution in [0.1, 0.15) is 29.5 Å². The van der Waals surface area contributed by atoms with Crippen LogP contribution in [0.15, 0.2) is 54.6 Å².